The molecule has 20 heavy (non-hydrogen) atoms. The van der Waals surface area contributed by atoms with Crippen molar-refractivity contribution < 1.29 is 8.42 Å². The van der Waals surface area contributed by atoms with Crippen LogP contribution in [0.1, 0.15) is 18.4 Å². The van der Waals surface area contributed by atoms with Gasteiger partial charge in [-0.25, -0.2) is 12.7 Å². The summed E-state index contributed by atoms with van der Waals surface area (Å²) in [5.41, 5.74) is 0.686. The Balaban J connectivity index is 2.16. The Morgan fingerprint density at radius 1 is 1.45 bits per heavy atom. The molecule has 2 rings (SSSR count). The van der Waals surface area contributed by atoms with Gasteiger partial charge in [0.15, 0.2) is 0 Å². The molecule has 0 bridgehead atoms. The van der Waals surface area contributed by atoms with E-state index in [1.54, 1.807) is 32.2 Å². The monoisotopic (exact) mass is 316 g/mol. The Labute approximate surface area is 126 Å². The van der Waals surface area contributed by atoms with E-state index in [0.29, 0.717) is 27.9 Å². The highest BCUT2D eigenvalue weighted by molar-refractivity contribution is 7.89. The van der Waals surface area contributed by atoms with Crippen LogP contribution < -0.4 is 5.32 Å². The fourth-order valence-electron chi connectivity index (χ4n) is 2.61. The summed E-state index contributed by atoms with van der Waals surface area (Å²) in [4.78, 5) is 0.341. The molecule has 1 aromatic rings. The second kappa shape index (κ2) is 6.43. The summed E-state index contributed by atoms with van der Waals surface area (Å²) in [6.45, 7) is 4.24. The highest BCUT2D eigenvalue weighted by Crippen LogP contribution is 2.23. The van der Waals surface area contributed by atoms with Crippen LogP contribution in [-0.4, -0.2) is 39.4 Å². The smallest absolute Gasteiger partial charge is 0.243 e. The summed E-state index contributed by atoms with van der Waals surface area (Å²) in [6, 6.07) is 4.89. The zero-order chi connectivity index (χ0) is 14.8. The molecule has 1 atom stereocenters. The van der Waals surface area contributed by atoms with E-state index in [0.717, 1.165) is 25.9 Å². The summed E-state index contributed by atoms with van der Waals surface area (Å²) >= 11 is 5.89. The number of hydrogen-bond acceptors (Lipinski definition) is 3. The van der Waals surface area contributed by atoms with Crippen molar-refractivity contribution >= 4 is 21.6 Å². The van der Waals surface area contributed by atoms with Gasteiger partial charge in [0.05, 0.1) is 4.90 Å². The van der Waals surface area contributed by atoms with Crippen LogP contribution in [0, 0.1) is 12.8 Å². The van der Waals surface area contributed by atoms with Gasteiger partial charge in [-0.2, -0.15) is 0 Å². The largest absolute Gasteiger partial charge is 0.316 e. The Kier molecular flexibility index (Phi) is 5.07. The molecule has 1 heterocycles. The zero-order valence-corrected chi connectivity index (χ0v) is 13.5. The van der Waals surface area contributed by atoms with E-state index in [-0.39, 0.29) is 0 Å². The van der Waals surface area contributed by atoms with Crippen LogP contribution in [0.25, 0.3) is 0 Å². The maximum atomic E-state index is 12.6. The van der Waals surface area contributed by atoms with Crippen LogP contribution in [0.4, 0.5) is 0 Å². The third-order valence-corrected chi connectivity index (χ3v) is 5.96. The molecule has 4 nitrogen and oxygen atoms in total. The highest BCUT2D eigenvalue weighted by Gasteiger charge is 2.26. The van der Waals surface area contributed by atoms with Crippen molar-refractivity contribution in [3.63, 3.8) is 0 Å². The second-order valence-electron chi connectivity index (χ2n) is 5.41. The van der Waals surface area contributed by atoms with Crippen LogP contribution in [0.3, 0.4) is 0 Å². The fourth-order valence-corrected chi connectivity index (χ4v) is 4.29. The molecule has 0 saturated carbocycles. The maximum absolute atomic E-state index is 12.6. The van der Waals surface area contributed by atoms with Crippen molar-refractivity contribution in [2.24, 2.45) is 5.92 Å². The molecule has 0 amide bonds. The van der Waals surface area contributed by atoms with Crippen LogP contribution in [0.2, 0.25) is 5.02 Å². The molecule has 1 aliphatic rings. The molecule has 6 heteroatoms. The first kappa shape index (κ1) is 15.8. The third-order valence-electron chi connectivity index (χ3n) is 3.74. The Hall–Kier alpha value is -0.620. The summed E-state index contributed by atoms with van der Waals surface area (Å²) < 4.78 is 26.7. The number of hydrogen-bond donors (Lipinski definition) is 1. The van der Waals surface area contributed by atoms with Crippen LogP contribution in [0.5, 0.6) is 0 Å². The van der Waals surface area contributed by atoms with Crippen molar-refractivity contribution in [1.82, 2.24) is 9.62 Å². The maximum Gasteiger partial charge on any atom is 0.243 e. The molecule has 112 valence electrons. The zero-order valence-electron chi connectivity index (χ0n) is 11.9. The van der Waals surface area contributed by atoms with E-state index in [1.807, 2.05) is 0 Å². The number of aryl methyl sites for hydroxylation is 1. The summed E-state index contributed by atoms with van der Waals surface area (Å²) in [6.07, 6.45) is 2.19. The average Bonchev–Trinajstić information content (AvgIpc) is 2.39. The molecule has 1 unspecified atom stereocenters. The first-order chi connectivity index (χ1) is 9.41. The van der Waals surface area contributed by atoms with Gasteiger partial charge in [0.25, 0.3) is 0 Å². The average molecular weight is 317 g/mol. The molecule has 1 fully saturated rings. The lowest BCUT2D eigenvalue weighted by molar-refractivity contribution is 0.314. The first-order valence-corrected chi connectivity index (χ1v) is 8.66. The predicted octanol–water partition coefficient (Wildman–Crippen LogP) is 2.27. The number of nitrogens with one attached hydrogen (secondary N) is 1. The lowest BCUT2D eigenvalue weighted by Crippen LogP contribution is -2.39. The molecule has 1 aromatic carbocycles. The summed E-state index contributed by atoms with van der Waals surface area (Å²) in [7, 11) is -1.79. The van der Waals surface area contributed by atoms with Crippen LogP contribution in [-0.2, 0) is 10.0 Å². The molecule has 1 saturated heterocycles. The van der Waals surface area contributed by atoms with Gasteiger partial charge in [-0.3, -0.25) is 0 Å². The Bertz CT molecular complexity index is 569. The molecule has 0 radical (unpaired) electrons. The topological polar surface area (TPSA) is 49.4 Å². The standard InChI is InChI=1S/C14H21ClN2O2S/c1-11-8-13(15)5-6-14(11)20(18,19)17(2)10-12-4-3-7-16-9-12/h5-6,8,12,16H,3-4,7,9-10H2,1-2H3. The minimum atomic E-state index is -3.44. The molecule has 0 spiro atoms. The predicted molar refractivity (Wildman–Crippen MR) is 81.6 cm³/mol. The number of sulfonamides is 1. The van der Waals surface area contributed by atoms with Gasteiger partial charge in [0.1, 0.15) is 0 Å². The van der Waals surface area contributed by atoms with E-state index < -0.39 is 10.0 Å². The highest BCUT2D eigenvalue weighted by atomic mass is 35.5. The fraction of sp³-hybridized carbons (Fsp3) is 0.571. The second-order valence-corrected chi connectivity index (χ2v) is 7.86. The number of piperidine rings is 1. The van der Waals surface area contributed by atoms with E-state index in [1.165, 1.54) is 4.31 Å². The van der Waals surface area contributed by atoms with Crippen LogP contribution in [0.15, 0.2) is 23.1 Å². The molecular weight excluding hydrogens is 296 g/mol. The minimum Gasteiger partial charge on any atom is -0.316 e. The van der Waals surface area contributed by atoms with Gasteiger partial charge in [-0.1, -0.05) is 11.6 Å². The van der Waals surface area contributed by atoms with Crippen molar-refractivity contribution in [3.05, 3.63) is 28.8 Å². The normalized spacial score (nSPS) is 20.3. The lowest BCUT2D eigenvalue weighted by atomic mass is 10.00. The number of nitrogens with zero attached hydrogens (tertiary/aromatic N) is 1. The Morgan fingerprint density at radius 3 is 2.80 bits per heavy atom. The van der Waals surface area contributed by atoms with Gasteiger partial charge in [0, 0.05) is 18.6 Å². The van der Waals surface area contributed by atoms with E-state index in [4.69, 9.17) is 11.6 Å². The van der Waals surface area contributed by atoms with Gasteiger partial charge in [0.2, 0.25) is 10.0 Å². The van der Waals surface area contributed by atoms with Gasteiger partial charge < -0.3 is 5.32 Å². The third kappa shape index (κ3) is 3.52. The van der Waals surface area contributed by atoms with Crippen molar-refractivity contribution in [1.29, 1.82) is 0 Å². The number of rotatable bonds is 4. The quantitative estimate of drug-likeness (QED) is 0.927. The van der Waals surface area contributed by atoms with E-state index in [9.17, 15) is 8.42 Å². The number of benzene rings is 1. The molecule has 0 aromatic heterocycles. The van der Waals surface area contributed by atoms with E-state index >= 15 is 0 Å². The SMILES string of the molecule is Cc1cc(Cl)ccc1S(=O)(=O)N(C)CC1CCCNC1. The molecule has 0 aliphatic carbocycles. The van der Waals surface area contributed by atoms with Gasteiger partial charge in [-0.05, 0) is 62.5 Å². The summed E-state index contributed by atoms with van der Waals surface area (Å²) in [5.74, 6) is 0.385. The van der Waals surface area contributed by atoms with Crippen molar-refractivity contribution in [2.45, 2.75) is 24.7 Å². The number of halogens is 1. The van der Waals surface area contributed by atoms with E-state index in [2.05, 4.69) is 5.32 Å². The van der Waals surface area contributed by atoms with Crippen LogP contribution >= 0.6 is 11.6 Å². The van der Waals surface area contributed by atoms with Gasteiger partial charge >= 0.3 is 0 Å². The summed E-state index contributed by atoms with van der Waals surface area (Å²) in [5, 5.41) is 3.87. The van der Waals surface area contributed by atoms with Gasteiger partial charge in [-0.15, -0.1) is 0 Å². The molecule has 1 aliphatic heterocycles. The lowest BCUT2D eigenvalue weighted by Gasteiger charge is -2.27. The minimum absolute atomic E-state index is 0.341. The molecular formula is C14H21ClN2O2S. The molecule has 1 N–H and O–H groups in total. The first-order valence-electron chi connectivity index (χ1n) is 6.84. The van der Waals surface area contributed by atoms with Crippen molar-refractivity contribution in [3.8, 4) is 0 Å². The van der Waals surface area contributed by atoms with Crippen molar-refractivity contribution in [2.75, 3.05) is 26.7 Å². The Morgan fingerprint density at radius 2 is 2.20 bits per heavy atom.